The van der Waals surface area contributed by atoms with Crippen LogP contribution < -0.4 is 0 Å². The second-order valence-electron chi connectivity index (χ2n) is 3.97. The van der Waals surface area contributed by atoms with Gasteiger partial charge in [0.15, 0.2) is 0 Å². The Morgan fingerprint density at radius 1 is 1.50 bits per heavy atom. The van der Waals surface area contributed by atoms with Gasteiger partial charge in [-0.25, -0.2) is 0 Å². The topological polar surface area (TPSA) is 66.0 Å². The summed E-state index contributed by atoms with van der Waals surface area (Å²) in [6.45, 7) is 0. The third-order valence-corrected chi connectivity index (χ3v) is 3.02. The highest BCUT2D eigenvalue weighted by Crippen LogP contribution is 2.49. The molecule has 1 saturated carbocycles. The molecule has 5 heteroatoms. The van der Waals surface area contributed by atoms with Gasteiger partial charge in [0.1, 0.15) is 0 Å². The van der Waals surface area contributed by atoms with Crippen LogP contribution in [0.5, 0.6) is 0 Å². The molecule has 4 nitrogen and oxygen atoms in total. The van der Waals surface area contributed by atoms with Crippen LogP contribution in [0.2, 0.25) is 0 Å². The molecule has 0 amide bonds. The summed E-state index contributed by atoms with van der Waals surface area (Å²) in [6, 6.07) is 5.90. The molecule has 1 aromatic carbocycles. The Morgan fingerprint density at radius 2 is 2.31 bits per heavy atom. The number of aromatic amines is 1. The van der Waals surface area contributed by atoms with E-state index in [0.29, 0.717) is 0 Å². The fourth-order valence-corrected chi connectivity index (χ4v) is 2.11. The highest BCUT2D eigenvalue weighted by Gasteiger charge is 2.45. The smallest absolute Gasteiger partial charge is 0.307 e. The zero-order valence-electron chi connectivity index (χ0n) is 8.38. The zero-order chi connectivity index (χ0) is 10.4. The summed E-state index contributed by atoms with van der Waals surface area (Å²) in [6.07, 6.45) is 2.50. The number of halogens is 1. The normalized spacial score (nSPS) is 22.8. The van der Waals surface area contributed by atoms with Crippen LogP contribution in [0.4, 0.5) is 0 Å². The number of fused-ring (bicyclic) bond motifs is 1. The SMILES string of the molecule is Cl.O=C(O)[C@@H]1C[C@H]1c1cccc2cn[nH]c12. The predicted octanol–water partition coefficient (Wildman–Crippen LogP) is 2.17. The molecule has 2 atom stereocenters. The first-order chi connectivity index (χ1) is 7.27. The monoisotopic (exact) mass is 238 g/mol. The Labute approximate surface area is 98.1 Å². The summed E-state index contributed by atoms with van der Waals surface area (Å²) in [5, 5.41) is 16.8. The van der Waals surface area contributed by atoms with Crippen molar-refractivity contribution in [2.24, 2.45) is 5.92 Å². The number of H-pyrrole nitrogens is 1. The fourth-order valence-electron chi connectivity index (χ4n) is 2.11. The first-order valence-electron chi connectivity index (χ1n) is 4.92. The lowest BCUT2D eigenvalue weighted by Gasteiger charge is -1.99. The van der Waals surface area contributed by atoms with Gasteiger partial charge in [-0.1, -0.05) is 18.2 Å². The number of hydrogen-bond donors (Lipinski definition) is 2. The molecule has 16 heavy (non-hydrogen) atoms. The Bertz CT molecular complexity index is 538. The minimum Gasteiger partial charge on any atom is -0.481 e. The summed E-state index contributed by atoms with van der Waals surface area (Å²) >= 11 is 0. The maximum absolute atomic E-state index is 10.8. The van der Waals surface area contributed by atoms with Crippen molar-refractivity contribution in [2.45, 2.75) is 12.3 Å². The molecule has 1 aliphatic rings. The molecule has 1 aliphatic carbocycles. The maximum atomic E-state index is 10.8. The lowest BCUT2D eigenvalue weighted by Crippen LogP contribution is -1.99. The number of para-hydroxylation sites is 1. The average Bonchev–Trinajstić information content (AvgIpc) is 2.87. The molecule has 84 valence electrons. The van der Waals surface area contributed by atoms with E-state index in [4.69, 9.17) is 5.11 Å². The van der Waals surface area contributed by atoms with Crippen LogP contribution in [-0.2, 0) is 4.79 Å². The fraction of sp³-hybridized carbons (Fsp3) is 0.273. The molecule has 1 fully saturated rings. The molecule has 0 saturated heterocycles. The number of hydrogen-bond acceptors (Lipinski definition) is 2. The van der Waals surface area contributed by atoms with Crippen molar-refractivity contribution in [3.8, 4) is 0 Å². The molecule has 2 N–H and O–H groups in total. The largest absolute Gasteiger partial charge is 0.481 e. The van der Waals surface area contributed by atoms with Crippen LogP contribution in [0, 0.1) is 5.92 Å². The molecule has 0 bridgehead atoms. The molecule has 2 aromatic rings. The minimum absolute atomic E-state index is 0. The van der Waals surface area contributed by atoms with Gasteiger partial charge in [-0.3, -0.25) is 9.89 Å². The van der Waals surface area contributed by atoms with Crippen LogP contribution in [-0.4, -0.2) is 21.3 Å². The summed E-state index contributed by atoms with van der Waals surface area (Å²) in [5.41, 5.74) is 2.06. The van der Waals surface area contributed by atoms with Crippen molar-refractivity contribution < 1.29 is 9.90 Å². The molecular weight excluding hydrogens is 228 g/mol. The van der Waals surface area contributed by atoms with Gasteiger partial charge in [-0.05, 0) is 12.0 Å². The van der Waals surface area contributed by atoms with Gasteiger partial charge < -0.3 is 5.11 Å². The van der Waals surface area contributed by atoms with E-state index in [0.717, 1.165) is 22.9 Å². The van der Waals surface area contributed by atoms with Crippen molar-refractivity contribution in [3.05, 3.63) is 30.0 Å². The number of aromatic nitrogens is 2. The number of nitrogens with one attached hydrogen (secondary N) is 1. The Kier molecular flexibility index (Phi) is 2.59. The number of nitrogens with zero attached hydrogens (tertiary/aromatic N) is 1. The third-order valence-electron chi connectivity index (χ3n) is 3.02. The first-order valence-corrected chi connectivity index (χ1v) is 4.92. The van der Waals surface area contributed by atoms with Gasteiger partial charge in [0.25, 0.3) is 0 Å². The second-order valence-corrected chi connectivity index (χ2v) is 3.97. The number of carbonyl (C=O) groups is 1. The number of aliphatic carboxylic acids is 1. The van der Waals surface area contributed by atoms with E-state index in [2.05, 4.69) is 10.2 Å². The maximum Gasteiger partial charge on any atom is 0.307 e. The van der Waals surface area contributed by atoms with Crippen molar-refractivity contribution >= 4 is 29.3 Å². The van der Waals surface area contributed by atoms with Gasteiger partial charge in [0.05, 0.1) is 17.6 Å². The van der Waals surface area contributed by atoms with Crippen LogP contribution >= 0.6 is 12.4 Å². The Morgan fingerprint density at radius 3 is 3.00 bits per heavy atom. The highest BCUT2D eigenvalue weighted by molar-refractivity contribution is 5.85. The highest BCUT2D eigenvalue weighted by atomic mass is 35.5. The van der Waals surface area contributed by atoms with Crippen molar-refractivity contribution in [1.29, 1.82) is 0 Å². The summed E-state index contributed by atoms with van der Waals surface area (Å²) in [5.74, 6) is -0.748. The lowest BCUT2D eigenvalue weighted by atomic mass is 10.1. The van der Waals surface area contributed by atoms with E-state index < -0.39 is 5.97 Å². The molecule has 0 aliphatic heterocycles. The minimum atomic E-state index is -0.698. The van der Waals surface area contributed by atoms with Crippen molar-refractivity contribution in [3.63, 3.8) is 0 Å². The van der Waals surface area contributed by atoms with E-state index in [1.54, 1.807) is 6.20 Å². The number of carboxylic acid groups (broad SMARTS) is 1. The van der Waals surface area contributed by atoms with E-state index in [9.17, 15) is 4.79 Å². The molecular formula is C11H11ClN2O2. The Hall–Kier alpha value is -1.55. The molecule has 0 radical (unpaired) electrons. The van der Waals surface area contributed by atoms with Gasteiger partial charge in [0, 0.05) is 11.3 Å². The molecule has 1 heterocycles. The summed E-state index contributed by atoms with van der Waals surface area (Å²) in [7, 11) is 0. The predicted molar refractivity (Wildman–Crippen MR) is 61.8 cm³/mol. The lowest BCUT2D eigenvalue weighted by molar-refractivity contribution is -0.138. The standard InChI is InChI=1S/C11H10N2O2.ClH/c14-11(15)9-4-8(9)7-3-1-2-6-5-12-13-10(6)7;/h1-3,5,8-9H,4H2,(H,12,13)(H,14,15);1H/t8-,9+;/m0./s1. The van der Waals surface area contributed by atoms with Crippen LogP contribution in [0.3, 0.4) is 0 Å². The van der Waals surface area contributed by atoms with E-state index in [1.165, 1.54) is 0 Å². The van der Waals surface area contributed by atoms with Crippen LogP contribution in [0.15, 0.2) is 24.4 Å². The van der Waals surface area contributed by atoms with Crippen LogP contribution in [0.25, 0.3) is 10.9 Å². The number of benzene rings is 1. The van der Waals surface area contributed by atoms with Crippen molar-refractivity contribution in [2.75, 3.05) is 0 Å². The molecule has 1 aromatic heterocycles. The van der Waals surface area contributed by atoms with E-state index >= 15 is 0 Å². The third kappa shape index (κ3) is 1.55. The first kappa shape index (κ1) is 11.0. The molecule has 3 rings (SSSR count). The van der Waals surface area contributed by atoms with Crippen LogP contribution in [0.1, 0.15) is 17.9 Å². The number of carboxylic acids is 1. The van der Waals surface area contributed by atoms with Gasteiger partial charge >= 0.3 is 5.97 Å². The summed E-state index contributed by atoms with van der Waals surface area (Å²) < 4.78 is 0. The summed E-state index contributed by atoms with van der Waals surface area (Å²) in [4.78, 5) is 10.8. The van der Waals surface area contributed by atoms with Gasteiger partial charge in [0.2, 0.25) is 0 Å². The van der Waals surface area contributed by atoms with Gasteiger partial charge in [-0.2, -0.15) is 5.10 Å². The average molecular weight is 239 g/mol. The molecule has 0 unspecified atom stereocenters. The molecule has 0 spiro atoms. The van der Waals surface area contributed by atoms with E-state index in [-0.39, 0.29) is 24.2 Å². The second kappa shape index (κ2) is 3.79. The zero-order valence-corrected chi connectivity index (χ0v) is 9.20. The number of rotatable bonds is 2. The van der Waals surface area contributed by atoms with E-state index in [1.807, 2.05) is 18.2 Å². The quantitative estimate of drug-likeness (QED) is 0.843. The Balaban J connectivity index is 0.000000963. The van der Waals surface area contributed by atoms with Crippen molar-refractivity contribution in [1.82, 2.24) is 10.2 Å². The van der Waals surface area contributed by atoms with Gasteiger partial charge in [-0.15, -0.1) is 12.4 Å².